The van der Waals surface area contributed by atoms with Crippen LogP contribution in [-0.4, -0.2) is 72.9 Å². The summed E-state index contributed by atoms with van der Waals surface area (Å²) in [7, 11) is 0. The fraction of sp³-hybridized carbons (Fsp3) is 0.769. The number of hydrogen-bond donors (Lipinski definition) is 7. The van der Waals surface area contributed by atoms with Gasteiger partial charge in [0.05, 0.1) is 37.5 Å². The van der Waals surface area contributed by atoms with E-state index in [1.807, 2.05) is 0 Å². The van der Waals surface area contributed by atoms with Crippen molar-refractivity contribution < 1.29 is 20.4 Å². The van der Waals surface area contributed by atoms with Crippen LogP contribution >= 0.6 is 0 Å². The molecule has 0 saturated carbocycles. The van der Waals surface area contributed by atoms with Crippen LogP contribution in [0.25, 0.3) is 0 Å². The topological polar surface area (TPSA) is 170 Å². The number of aliphatic hydroxyl groups excluding tert-OH is 4. The molecule has 132 valence electrons. The fourth-order valence-electron chi connectivity index (χ4n) is 1.86. The van der Waals surface area contributed by atoms with E-state index < -0.39 is 11.1 Å². The van der Waals surface area contributed by atoms with E-state index in [4.69, 9.17) is 5.73 Å². The second-order valence-electron chi connectivity index (χ2n) is 5.49. The molecule has 10 nitrogen and oxygen atoms in total. The molecule has 0 spiro atoms. The third-order valence-electron chi connectivity index (χ3n) is 3.97. The number of nitrogen functional groups attached to an aromatic ring is 1. The summed E-state index contributed by atoms with van der Waals surface area (Å²) < 4.78 is 0. The Balaban J connectivity index is 3.08. The van der Waals surface area contributed by atoms with Crippen LogP contribution in [0.5, 0.6) is 0 Å². The zero-order valence-corrected chi connectivity index (χ0v) is 13.5. The van der Waals surface area contributed by atoms with Crippen molar-refractivity contribution in [1.29, 1.82) is 0 Å². The Labute approximate surface area is 134 Å². The second kappa shape index (κ2) is 8.20. The molecule has 23 heavy (non-hydrogen) atoms. The number of anilines is 3. The van der Waals surface area contributed by atoms with Gasteiger partial charge in [-0.3, -0.25) is 0 Å². The van der Waals surface area contributed by atoms with Crippen LogP contribution in [0, 0.1) is 0 Å². The lowest BCUT2D eigenvalue weighted by molar-refractivity contribution is 0.131. The highest BCUT2D eigenvalue weighted by molar-refractivity contribution is 5.43. The first kappa shape index (κ1) is 19.3. The zero-order valence-electron chi connectivity index (χ0n) is 13.5. The van der Waals surface area contributed by atoms with Gasteiger partial charge < -0.3 is 36.8 Å². The molecule has 0 bridgehead atoms. The number of aliphatic hydroxyl groups is 4. The highest BCUT2D eigenvalue weighted by atomic mass is 16.3. The minimum atomic E-state index is -0.985. The van der Waals surface area contributed by atoms with Crippen LogP contribution in [0.3, 0.4) is 0 Å². The van der Waals surface area contributed by atoms with E-state index in [2.05, 4.69) is 25.6 Å². The number of rotatable bonds is 10. The first-order valence-corrected chi connectivity index (χ1v) is 7.43. The molecular formula is C13H26N6O4. The van der Waals surface area contributed by atoms with E-state index in [9.17, 15) is 20.4 Å². The maximum atomic E-state index is 9.47. The Morgan fingerprint density at radius 2 is 1.13 bits per heavy atom. The first-order chi connectivity index (χ1) is 10.9. The summed E-state index contributed by atoms with van der Waals surface area (Å²) in [6.45, 7) is 2.31. The van der Waals surface area contributed by atoms with Crippen molar-refractivity contribution in [1.82, 2.24) is 15.0 Å². The Morgan fingerprint density at radius 3 is 1.39 bits per heavy atom. The van der Waals surface area contributed by atoms with E-state index in [0.29, 0.717) is 12.8 Å². The molecule has 0 aromatic carbocycles. The minimum Gasteiger partial charge on any atom is -0.394 e. The molecule has 0 aliphatic rings. The summed E-state index contributed by atoms with van der Waals surface area (Å²) in [5, 5.41) is 43.6. The monoisotopic (exact) mass is 330 g/mol. The van der Waals surface area contributed by atoms with Gasteiger partial charge in [-0.05, 0) is 12.8 Å². The molecule has 10 heteroatoms. The number of aromatic nitrogens is 3. The number of nitrogens with one attached hydrogen (secondary N) is 2. The summed E-state index contributed by atoms with van der Waals surface area (Å²) in [6, 6.07) is 0. The summed E-state index contributed by atoms with van der Waals surface area (Å²) in [4.78, 5) is 12.0. The first-order valence-electron chi connectivity index (χ1n) is 7.43. The zero-order chi connectivity index (χ0) is 17.5. The van der Waals surface area contributed by atoms with E-state index in [1.54, 1.807) is 13.8 Å². The predicted octanol–water partition coefficient (Wildman–Crippen LogP) is -1.46. The lowest BCUT2D eigenvalue weighted by Crippen LogP contribution is -2.47. The smallest absolute Gasteiger partial charge is 0.229 e. The quantitative estimate of drug-likeness (QED) is 0.269. The van der Waals surface area contributed by atoms with Gasteiger partial charge in [0.25, 0.3) is 0 Å². The fourth-order valence-corrected chi connectivity index (χ4v) is 1.86. The molecule has 0 aliphatic carbocycles. The standard InChI is InChI=1S/C13H26N6O4/c1-3-12(5-20,6-21)18-10-15-9(14)16-11(17-10)19-13(4-2,7-22)8-23/h20-23H,3-8H2,1-2H3,(H4,14,15,16,17,18,19). The average Bonchev–Trinajstić information content (AvgIpc) is 2.57. The van der Waals surface area contributed by atoms with Gasteiger partial charge in [0, 0.05) is 0 Å². The lowest BCUT2D eigenvalue weighted by atomic mass is 9.99. The molecule has 1 aromatic rings. The van der Waals surface area contributed by atoms with Gasteiger partial charge in [0.15, 0.2) is 0 Å². The van der Waals surface area contributed by atoms with Crippen molar-refractivity contribution in [2.24, 2.45) is 0 Å². The van der Waals surface area contributed by atoms with Crippen LogP contribution in [-0.2, 0) is 0 Å². The third-order valence-corrected chi connectivity index (χ3v) is 3.97. The molecular weight excluding hydrogens is 304 g/mol. The summed E-state index contributed by atoms with van der Waals surface area (Å²) in [5.41, 5.74) is 3.68. The molecule has 1 aromatic heterocycles. The molecule has 0 fully saturated rings. The number of nitrogens with zero attached hydrogens (tertiary/aromatic N) is 3. The Hall–Kier alpha value is -1.75. The van der Waals surface area contributed by atoms with Crippen LogP contribution in [0.2, 0.25) is 0 Å². The van der Waals surface area contributed by atoms with Gasteiger partial charge in [0.2, 0.25) is 17.8 Å². The van der Waals surface area contributed by atoms with Gasteiger partial charge in [-0.15, -0.1) is 0 Å². The van der Waals surface area contributed by atoms with Gasteiger partial charge in [-0.25, -0.2) is 0 Å². The van der Waals surface area contributed by atoms with Crippen LogP contribution in [0.1, 0.15) is 26.7 Å². The Bertz CT molecular complexity index is 437. The van der Waals surface area contributed by atoms with Gasteiger partial charge in [0.1, 0.15) is 0 Å². The van der Waals surface area contributed by atoms with E-state index >= 15 is 0 Å². The summed E-state index contributed by atoms with van der Waals surface area (Å²) in [5.74, 6) is 0.0726. The average molecular weight is 330 g/mol. The Morgan fingerprint density at radius 1 is 0.783 bits per heavy atom. The van der Waals surface area contributed by atoms with Crippen molar-refractivity contribution in [3.63, 3.8) is 0 Å². The largest absolute Gasteiger partial charge is 0.394 e. The highest BCUT2D eigenvalue weighted by Crippen LogP contribution is 2.20. The summed E-state index contributed by atoms with van der Waals surface area (Å²) in [6.07, 6.45) is 0.862. The molecule has 0 atom stereocenters. The molecule has 0 saturated heterocycles. The van der Waals surface area contributed by atoms with Crippen molar-refractivity contribution in [2.45, 2.75) is 37.8 Å². The normalized spacial score (nSPS) is 12.3. The third kappa shape index (κ3) is 4.61. The second-order valence-corrected chi connectivity index (χ2v) is 5.49. The molecule has 8 N–H and O–H groups in total. The highest BCUT2D eigenvalue weighted by Gasteiger charge is 2.30. The summed E-state index contributed by atoms with van der Waals surface area (Å²) >= 11 is 0. The van der Waals surface area contributed by atoms with E-state index in [0.717, 1.165) is 0 Å². The lowest BCUT2D eigenvalue weighted by Gasteiger charge is -2.31. The van der Waals surface area contributed by atoms with E-state index in [-0.39, 0.29) is 44.3 Å². The van der Waals surface area contributed by atoms with Gasteiger partial charge in [-0.1, -0.05) is 13.8 Å². The van der Waals surface area contributed by atoms with Crippen molar-refractivity contribution >= 4 is 17.8 Å². The van der Waals surface area contributed by atoms with Crippen LogP contribution in [0.15, 0.2) is 0 Å². The minimum absolute atomic E-state index is 0.0748. The van der Waals surface area contributed by atoms with Crippen LogP contribution < -0.4 is 16.4 Å². The molecule has 0 radical (unpaired) electrons. The van der Waals surface area contributed by atoms with Gasteiger partial charge in [-0.2, -0.15) is 15.0 Å². The Kier molecular flexibility index (Phi) is 6.88. The molecule has 1 heterocycles. The molecule has 1 rings (SSSR count). The van der Waals surface area contributed by atoms with Crippen molar-refractivity contribution in [3.8, 4) is 0 Å². The van der Waals surface area contributed by atoms with Crippen LogP contribution in [0.4, 0.5) is 17.8 Å². The molecule has 0 amide bonds. The number of hydrogen-bond acceptors (Lipinski definition) is 10. The SMILES string of the molecule is CCC(CO)(CO)Nc1nc(N)nc(NC(CC)(CO)CO)n1. The van der Waals surface area contributed by atoms with Gasteiger partial charge >= 0.3 is 0 Å². The maximum absolute atomic E-state index is 9.47. The van der Waals surface area contributed by atoms with Crippen molar-refractivity contribution in [2.75, 3.05) is 42.8 Å². The van der Waals surface area contributed by atoms with Crippen molar-refractivity contribution in [3.05, 3.63) is 0 Å². The molecule has 0 unspecified atom stereocenters. The van der Waals surface area contributed by atoms with E-state index in [1.165, 1.54) is 0 Å². The maximum Gasteiger partial charge on any atom is 0.229 e. The molecule has 0 aliphatic heterocycles. The number of nitrogens with two attached hydrogens (primary N) is 1. The predicted molar refractivity (Wildman–Crippen MR) is 85.9 cm³/mol.